The number of hydrogen-bond acceptors (Lipinski definition) is 13. The van der Waals surface area contributed by atoms with E-state index in [1.165, 1.54) is 36.5 Å². The van der Waals surface area contributed by atoms with Crippen molar-refractivity contribution in [3.05, 3.63) is 82.3 Å². The first-order valence-corrected chi connectivity index (χ1v) is 19.8. The van der Waals surface area contributed by atoms with Crippen LogP contribution in [0, 0.1) is 15.9 Å². The van der Waals surface area contributed by atoms with E-state index in [1.54, 1.807) is 30.0 Å². The summed E-state index contributed by atoms with van der Waals surface area (Å²) in [5.74, 6) is -0.750. The van der Waals surface area contributed by atoms with E-state index in [1.807, 2.05) is 6.07 Å². The highest BCUT2D eigenvalue weighted by Gasteiger charge is 2.49. The molecule has 0 saturated carbocycles. The lowest BCUT2D eigenvalue weighted by Crippen LogP contribution is -2.60. The predicted molar refractivity (Wildman–Crippen MR) is 211 cm³/mol. The van der Waals surface area contributed by atoms with Gasteiger partial charge in [0.05, 0.1) is 34.5 Å². The predicted octanol–water partition coefficient (Wildman–Crippen LogP) is 7.40. The zero-order valence-corrected chi connectivity index (χ0v) is 32.5. The monoisotopic (exact) mass is 827 g/mol. The van der Waals surface area contributed by atoms with E-state index in [0.717, 1.165) is 18.5 Å². The van der Waals surface area contributed by atoms with Gasteiger partial charge in [-0.05, 0) is 79.8 Å². The number of alkyl carbamates (subject to hydrolysis) is 1. The number of nitro groups is 1. The van der Waals surface area contributed by atoms with Crippen LogP contribution in [0.1, 0.15) is 44.6 Å². The molecule has 10 rings (SSSR count). The van der Waals surface area contributed by atoms with Crippen molar-refractivity contribution in [1.82, 2.24) is 25.2 Å². The first-order valence-electron chi connectivity index (χ1n) is 19.8. The fourth-order valence-corrected chi connectivity index (χ4v) is 9.25. The molecular weight excluding hydrogens is 787 g/mol. The maximum absolute atomic E-state index is 17.5. The summed E-state index contributed by atoms with van der Waals surface area (Å²) in [6, 6.07) is 13.1. The van der Waals surface area contributed by atoms with Crippen molar-refractivity contribution in [1.29, 1.82) is 0 Å². The smallest absolute Gasteiger partial charge is 0.461 e. The maximum atomic E-state index is 17.5. The molecule has 5 aromatic rings. The molecule has 0 unspecified atom stereocenters. The van der Waals surface area contributed by atoms with Gasteiger partial charge in [-0.3, -0.25) is 20.0 Å². The molecule has 0 radical (unpaired) electrons. The van der Waals surface area contributed by atoms with Crippen LogP contribution in [0.15, 0.2) is 60.8 Å². The number of non-ortho nitro benzene ring substituents is 1. The number of ether oxygens (including phenoxy) is 4. The van der Waals surface area contributed by atoms with Crippen molar-refractivity contribution < 1.29 is 46.6 Å². The van der Waals surface area contributed by atoms with Gasteiger partial charge in [0.1, 0.15) is 47.5 Å². The van der Waals surface area contributed by atoms with Crippen LogP contribution < -0.4 is 24.4 Å². The standard InChI is InChI=1S/C42H40F3N7O8/c1-41-17-26(43)20-50(22-41)37-32-19-46-35(34(45)36(32)47-38(48-37)58-23-42-12-4-13-51(42)21-27(44)18-42)31-16-30(60-40(54)59-29-10-8-28(9-11-29)52(55)56)15-25-6-2-5-24(33(25)31)7-3-14-57-39(53)49-41/h2,5-6,8-11,15-16,19,26-27H,3-4,7,12-14,17-18,20-23H2,1H3,(H,49,53)/t26-,27-,41-,42+/m1/s1. The van der Waals surface area contributed by atoms with Crippen molar-refractivity contribution in [2.24, 2.45) is 0 Å². The number of nitrogens with one attached hydrogen (secondary N) is 1. The minimum atomic E-state index is -1.42. The normalized spacial score (nSPS) is 24.2. The van der Waals surface area contributed by atoms with Crippen LogP contribution in [-0.2, 0) is 11.2 Å². The second-order valence-electron chi connectivity index (χ2n) is 16.2. The quantitative estimate of drug-likeness (QED) is 0.0778. The van der Waals surface area contributed by atoms with Crippen LogP contribution in [0.2, 0.25) is 0 Å². The molecule has 312 valence electrons. The Morgan fingerprint density at radius 2 is 1.85 bits per heavy atom. The number of anilines is 1. The molecule has 3 saturated heterocycles. The largest absolute Gasteiger partial charge is 0.519 e. The van der Waals surface area contributed by atoms with E-state index in [9.17, 15) is 24.1 Å². The lowest BCUT2D eigenvalue weighted by atomic mass is 9.90. The first-order chi connectivity index (χ1) is 28.8. The van der Waals surface area contributed by atoms with Gasteiger partial charge >= 0.3 is 18.3 Å². The number of hydrogen-bond donors (Lipinski definition) is 1. The highest BCUT2D eigenvalue weighted by Crippen LogP contribution is 2.42. The molecule has 3 fully saturated rings. The third-order valence-corrected chi connectivity index (χ3v) is 11.8. The third-order valence-electron chi connectivity index (χ3n) is 11.8. The van der Waals surface area contributed by atoms with Crippen molar-refractivity contribution >= 4 is 45.4 Å². The molecule has 18 heteroatoms. The zero-order chi connectivity index (χ0) is 41.8. The van der Waals surface area contributed by atoms with Crippen molar-refractivity contribution in [3.8, 4) is 28.8 Å². The Morgan fingerprint density at radius 3 is 2.67 bits per heavy atom. The molecule has 4 atom stereocenters. The van der Waals surface area contributed by atoms with Gasteiger partial charge in [0.2, 0.25) is 0 Å². The number of rotatable bonds is 6. The average Bonchev–Trinajstić information content (AvgIpc) is 3.73. The van der Waals surface area contributed by atoms with Crippen LogP contribution in [0.3, 0.4) is 0 Å². The van der Waals surface area contributed by atoms with E-state index in [2.05, 4.69) is 20.2 Å². The molecule has 15 nitrogen and oxygen atoms in total. The Kier molecular flexibility index (Phi) is 10.0. The topological polar surface area (TPSA) is 171 Å². The molecule has 0 aliphatic carbocycles. The highest BCUT2D eigenvalue weighted by atomic mass is 19.1. The number of carbonyl (C=O) groups is 2. The molecule has 1 N–H and O–H groups in total. The minimum Gasteiger partial charge on any atom is -0.461 e. The van der Waals surface area contributed by atoms with E-state index in [-0.39, 0.29) is 90.3 Å². The number of aryl methyl sites for hydroxylation is 1. The summed E-state index contributed by atoms with van der Waals surface area (Å²) in [4.78, 5) is 54.2. The highest BCUT2D eigenvalue weighted by molar-refractivity contribution is 6.02. The van der Waals surface area contributed by atoms with E-state index < -0.39 is 46.4 Å². The van der Waals surface area contributed by atoms with Gasteiger partial charge in [0.25, 0.3) is 5.69 Å². The summed E-state index contributed by atoms with van der Waals surface area (Å²) in [6.07, 6.45) is -0.279. The molecule has 2 aromatic heterocycles. The molecule has 5 aliphatic rings. The SMILES string of the molecule is C[C@@]12C[C@@H](F)CN(C1)c1nc(OC[C@@]34CCCN3C[C@H](F)C4)nc3c(F)c(ncc13)-c1cc(OC(=O)Oc3ccc([N+](=O)[O-])cc3)cc3cccc(c13)CCCOC(=O)N2. The summed E-state index contributed by atoms with van der Waals surface area (Å²) >= 11 is 0. The van der Waals surface area contributed by atoms with Gasteiger partial charge in [0, 0.05) is 49.8 Å². The number of nitro benzene ring substituents is 1. The summed E-state index contributed by atoms with van der Waals surface area (Å²) in [5.41, 5.74) is -1.20. The fraction of sp³-hybridized carbons (Fsp3) is 0.405. The van der Waals surface area contributed by atoms with Crippen molar-refractivity contribution in [2.75, 3.05) is 44.3 Å². The Labute approximate surface area is 340 Å². The molecule has 60 heavy (non-hydrogen) atoms. The van der Waals surface area contributed by atoms with E-state index >= 15 is 8.78 Å². The van der Waals surface area contributed by atoms with Crippen LogP contribution in [-0.4, -0.2) is 99.8 Å². The Bertz CT molecular complexity index is 2530. The number of fused-ring (bicyclic) bond motifs is 7. The number of aromatic nitrogens is 3. The lowest BCUT2D eigenvalue weighted by molar-refractivity contribution is -0.384. The van der Waals surface area contributed by atoms with Gasteiger partial charge in [-0.2, -0.15) is 9.97 Å². The molecule has 5 aliphatic heterocycles. The van der Waals surface area contributed by atoms with Crippen LogP contribution in [0.25, 0.3) is 32.9 Å². The Morgan fingerprint density at radius 1 is 1.05 bits per heavy atom. The number of pyridine rings is 1. The summed E-state index contributed by atoms with van der Waals surface area (Å²) in [6.45, 7) is 2.76. The van der Waals surface area contributed by atoms with Gasteiger partial charge < -0.3 is 29.2 Å². The number of piperidine rings is 1. The Balaban J connectivity index is 1.17. The number of carbonyl (C=O) groups excluding carboxylic acids is 2. The van der Waals surface area contributed by atoms with Crippen LogP contribution in [0.5, 0.6) is 17.5 Å². The molecule has 0 spiro atoms. The molecule has 6 bridgehead atoms. The summed E-state index contributed by atoms with van der Waals surface area (Å²) in [5, 5.41) is 15.2. The average molecular weight is 828 g/mol. The van der Waals surface area contributed by atoms with Crippen LogP contribution in [0.4, 0.5) is 34.3 Å². The molecule has 1 amide bonds. The van der Waals surface area contributed by atoms with Crippen molar-refractivity contribution in [3.63, 3.8) is 0 Å². The van der Waals surface area contributed by atoms with Gasteiger partial charge in [-0.1, -0.05) is 18.2 Å². The number of halogens is 3. The van der Waals surface area contributed by atoms with Crippen LogP contribution >= 0.6 is 0 Å². The molecule has 3 aromatic carbocycles. The Hall–Kier alpha value is -6.30. The number of amides is 1. The van der Waals surface area contributed by atoms with Gasteiger partial charge in [-0.15, -0.1) is 0 Å². The number of nitrogens with zero attached hydrogens (tertiary/aromatic N) is 6. The van der Waals surface area contributed by atoms with Crippen molar-refractivity contribution in [2.45, 2.75) is 68.9 Å². The van der Waals surface area contributed by atoms with Gasteiger partial charge in [0.15, 0.2) is 5.82 Å². The zero-order valence-electron chi connectivity index (χ0n) is 32.5. The lowest BCUT2D eigenvalue weighted by Gasteiger charge is -2.42. The third kappa shape index (κ3) is 7.55. The summed E-state index contributed by atoms with van der Waals surface area (Å²) < 4.78 is 70.6. The minimum absolute atomic E-state index is 0.00436. The fourth-order valence-electron chi connectivity index (χ4n) is 9.25. The van der Waals surface area contributed by atoms with E-state index in [0.29, 0.717) is 36.6 Å². The van der Waals surface area contributed by atoms with Gasteiger partial charge in [-0.25, -0.2) is 22.8 Å². The second-order valence-corrected chi connectivity index (χ2v) is 16.2. The summed E-state index contributed by atoms with van der Waals surface area (Å²) in [7, 11) is 0. The maximum Gasteiger partial charge on any atom is 0.519 e. The molecule has 7 heterocycles. The molecular formula is C42H40F3N7O8. The number of benzene rings is 3. The van der Waals surface area contributed by atoms with E-state index in [4.69, 9.17) is 23.9 Å². The first kappa shape index (κ1) is 39.2. The second kappa shape index (κ2) is 15.4. The number of alkyl halides is 2.